The molecule has 2 aliphatic carbocycles. The normalized spacial score (nSPS) is 49.5. The van der Waals surface area contributed by atoms with E-state index in [-0.39, 0.29) is 46.8 Å². The molecule has 1 saturated carbocycles. The van der Waals surface area contributed by atoms with Gasteiger partial charge in [0.2, 0.25) is 5.79 Å². The Labute approximate surface area is 215 Å². The minimum Gasteiger partial charge on any atom is -0.486 e. The van der Waals surface area contributed by atoms with Gasteiger partial charge in [-0.25, -0.2) is 4.79 Å². The zero-order chi connectivity index (χ0) is 25.7. The number of carbonyl (C=O) groups is 2. The van der Waals surface area contributed by atoms with Crippen molar-refractivity contribution in [2.75, 3.05) is 0 Å². The standard InChI is InChI=1S/C30H42O6/c1-17-14-30(15-18(2)26(32)36-30)34-23-16-28(5)10-7-8-21-20-12-19(9-11-29(28,6)25(17)23)33-22(20)13-24(31)35-27(21,3)4/h12-13,17-19,21,23,25H,7-11,14-16H2,1-6H3/t17-,18-,19+,21-,23+,25+,28-,29-,30+/m1/s1. The van der Waals surface area contributed by atoms with Gasteiger partial charge in [0.25, 0.3) is 0 Å². The summed E-state index contributed by atoms with van der Waals surface area (Å²) < 4.78 is 24.9. The molecule has 9 atom stereocenters. The largest absolute Gasteiger partial charge is 0.486 e. The molecule has 4 aliphatic heterocycles. The maximum atomic E-state index is 12.5. The molecule has 6 rings (SSSR count). The Bertz CT molecular complexity index is 1040. The van der Waals surface area contributed by atoms with Gasteiger partial charge < -0.3 is 18.9 Å². The number of rotatable bonds is 0. The van der Waals surface area contributed by atoms with Crippen LogP contribution in [0.5, 0.6) is 0 Å². The predicted molar refractivity (Wildman–Crippen MR) is 133 cm³/mol. The van der Waals surface area contributed by atoms with Crippen LogP contribution in [0.3, 0.4) is 0 Å². The second kappa shape index (κ2) is 7.85. The summed E-state index contributed by atoms with van der Waals surface area (Å²) >= 11 is 0. The highest BCUT2D eigenvalue weighted by molar-refractivity contribution is 5.84. The second-order valence-corrected chi connectivity index (χ2v) is 13.8. The second-order valence-electron chi connectivity index (χ2n) is 13.8. The summed E-state index contributed by atoms with van der Waals surface area (Å²) in [6.45, 7) is 13.3. The van der Waals surface area contributed by atoms with Gasteiger partial charge >= 0.3 is 11.9 Å². The molecular weight excluding hydrogens is 456 g/mol. The zero-order valence-corrected chi connectivity index (χ0v) is 22.7. The SMILES string of the molecule is C[C@@H]1C[C@]2(C[C@@H](C)[C@H]3[C@H](C[C@@]4(C)CCC[C@@H]5C6=C[C@H](CC[C@]34C)OC6=CC(=O)OC5(C)C)O2)OC1=O. The number of hydrogen-bond acceptors (Lipinski definition) is 6. The third-order valence-corrected chi connectivity index (χ3v) is 11.0. The topological polar surface area (TPSA) is 71.1 Å². The number of carbonyl (C=O) groups excluding carboxylic acids is 2. The molecule has 6 aliphatic rings. The lowest BCUT2D eigenvalue weighted by atomic mass is 9.57. The first-order valence-corrected chi connectivity index (χ1v) is 14.1. The Morgan fingerprint density at radius 3 is 2.44 bits per heavy atom. The van der Waals surface area contributed by atoms with Crippen molar-refractivity contribution < 1.29 is 28.5 Å². The number of allylic oxidation sites excluding steroid dienone is 1. The molecule has 0 aromatic carbocycles. The molecule has 0 amide bonds. The Morgan fingerprint density at radius 2 is 1.72 bits per heavy atom. The molecule has 0 N–H and O–H groups in total. The highest BCUT2D eigenvalue weighted by atomic mass is 16.7. The third-order valence-electron chi connectivity index (χ3n) is 11.0. The number of fused-ring (bicyclic) bond motifs is 4. The summed E-state index contributed by atoms with van der Waals surface area (Å²) in [6, 6.07) is 0. The lowest BCUT2D eigenvalue weighted by Crippen LogP contribution is -2.50. The van der Waals surface area contributed by atoms with Crippen molar-refractivity contribution >= 4 is 11.9 Å². The van der Waals surface area contributed by atoms with E-state index in [0.29, 0.717) is 24.0 Å². The van der Waals surface area contributed by atoms with Crippen LogP contribution in [0.15, 0.2) is 23.5 Å². The van der Waals surface area contributed by atoms with Crippen LogP contribution in [0.2, 0.25) is 0 Å². The Morgan fingerprint density at radius 1 is 0.944 bits per heavy atom. The van der Waals surface area contributed by atoms with E-state index in [1.165, 1.54) is 0 Å². The van der Waals surface area contributed by atoms with Crippen LogP contribution in [0.25, 0.3) is 0 Å². The summed E-state index contributed by atoms with van der Waals surface area (Å²) in [7, 11) is 0. The molecule has 2 saturated heterocycles. The van der Waals surface area contributed by atoms with Gasteiger partial charge in [0.1, 0.15) is 17.5 Å². The summed E-state index contributed by atoms with van der Waals surface area (Å²) in [5.41, 5.74) is 0.770. The first-order chi connectivity index (χ1) is 16.8. The minimum atomic E-state index is -0.740. The zero-order valence-electron chi connectivity index (χ0n) is 22.7. The fourth-order valence-corrected chi connectivity index (χ4v) is 9.17. The van der Waals surface area contributed by atoms with Gasteiger partial charge in [-0.1, -0.05) is 34.1 Å². The van der Waals surface area contributed by atoms with Crippen LogP contribution in [0.4, 0.5) is 0 Å². The van der Waals surface area contributed by atoms with Crippen molar-refractivity contribution in [3.05, 3.63) is 23.5 Å². The van der Waals surface area contributed by atoms with Gasteiger partial charge in [-0.3, -0.25) is 4.79 Å². The number of hydrogen-bond donors (Lipinski definition) is 0. The summed E-state index contributed by atoms with van der Waals surface area (Å²) in [5, 5.41) is 0. The van der Waals surface area contributed by atoms with Crippen molar-refractivity contribution in [3.63, 3.8) is 0 Å². The van der Waals surface area contributed by atoms with Crippen molar-refractivity contribution in [2.45, 2.75) is 117 Å². The minimum absolute atomic E-state index is 0.0172. The van der Waals surface area contributed by atoms with Crippen LogP contribution in [0.1, 0.15) is 92.9 Å². The Hall–Kier alpha value is -1.82. The molecule has 4 heterocycles. The predicted octanol–water partition coefficient (Wildman–Crippen LogP) is 5.85. The summed E-state index contributed by atoms with van der Waals surface area (Å²) in [4.78, 5) is 24.8. The van der Waals surface area contributed by atoms with E-state index in [1.807, 2.05) is 20.8 Å². The van der Waals surface area contributed by atoms with E-state index in [1.54, 1.807) is 6.08 Å². The van der Waals surface area contributed by atoms with Gasteiger partial charge in [0, 0.05) is 24.3 Å². The van der Waals surface area contributed by atoms with Crippen molar-refractivity contribution in [2.24, 2.45) is 34.5 Å². The number of ether oxygens (including phenoxy) is 4. The van der Waals surface area contributed by atoms with E-state index in [9.17, 15) is 9.59 Å². The van der Waals surface area contributed by atoms with Gasteiger partial charge in [-0.2, -0.15) is 0 Å². The van der Waals surface area contributed by atoms with Crippen LogP contribution in [-0.2, 0) is 28.5 Å². The number of esters is 2. The molecule has 198 valence electrons. The average Bonchev–Trinajstić information content (AvgIpc) is 3.31. The van der Waals surface area contributed by atoms with Crippen LogP contribution in [-0.4, -0.2) is 35.5 Å². The molecule has 6 nitrogen and oxygen atoms in total. The molecule has 0 radical (unpaired) electrons. The summed E-state index contributed by atoms with van der Waals surface area (Å²) in [5.74, 6) is 0.397. The molecule has 0 unspecified atom stereocenters. The fourth-order valence-electron chi connectivity index (χ4n) is 9.17. The molecule has 1 spiro atoms. The smallest absolute Gasteiger partial charge is 0.335 e. The number of cyclic esters (lactones) is 1. The van der Waals surface area contributed by atoms with E-state index < -0.39 is 11.4 Å². The van der Waals surface area contributed by atoms with E-state index >= 15 is 0 Å². The summed E-state index contributed by atoms with van der Waals surface area (Å²) in [6.07, 6.45) is 11.4. The van der Waals surface area contributed by atoms with Gasteiger partial charge in [-0.05, 0) is 74.7 Å². The van der Waals surface area contributed by atoms with E-state index in [2.05, 4.69) is 26.8 Å². The maximum Gasteiger partial charge on any atom is 0.335 e. The monoisotopic (exact) mass is 498 g/mol. The Kier molecular flexibility index (Phi) is 5.34. The van der Waals surface area contributed by atoms with Gasteiger partial charge in [-0.15, -0.1) is 0 Å². The van der Waals surface area contributed by atoms with Crippen LogP contribution >= 0.6 is 0 Å². The Balaban J connectivity index is 1.32. The van der Waals surface area contributed by atoms with Crippen LogP contribution in [0, 0.1) is 34.5 Å². The molecule has 36 heavy (non-hydrogen) atoms. The molecule has 0 aromatic heterocycles. The molecule has 3 fully saturated rings. The average molecular weight is 499 g/mol. The lowest BCUT2D eigenvalue weighted by molar-refractivity contribution is -0.276. The van der Waals surface area contributed by atoms with Gasteiger partial charge in [0.15, 0.2) is 0 Å². The molecule has 6 heteroatoms. The molecular formula is C30H42O6. The van der Waals surface area contributed by atoms with Crippen molar-refractivity contribution in [1.82, 2.24) is 0 Å². The van der Waals surface area contributed by atoms with Crippen molar-refractivity contribution in [1.29, 1.82) is 0 Å². The lowest BCUT2D eigenvalue weighted by Gasteiger charge is -2.50. The van der Waals surface area contributed by atoms with Gasteiger partial charge in [0.05, 0.1) is 18.1 Å². The first-order valence-electron chi connectivity index (χ1n) is 14.1. The highest BCUT2D eigenvalue weighted by Gasteiger charge is 2.65. The van der Waals surface area contributed by atoms with E-state index in [0.717, 1.165) is 50.5 Å². The molecule has 0 aromatic rings. The third kappa shape index (κ3) is 3.53. The maximum absolute atomic E-state index is 12.5. The molecule has 2 bridgehead atoms. The first kappa shape index (κ1) is 24.5. The quantitative estimate of drug-likeness (QED) is 0.390. The highest BCUT2D eigenvalue weighted by Crippen LogP contribution is 2.67. The van der Waals surface area contributed by atoms with Crippen molar-refractivity contribution in [3.8, 4) is 0 Å². The van der Waals surface area contributed by atoms with Crippen LogP contribution < -0.4 is 0 Å². The fraction of sp³-hybridized carbons (Fsp3) is 0.800. The van der Waals surface area contributed by atoms with E-state index in [4.69, 9.17) is 18.9 Å².